The molecular formula is C19H40O4S. The molecule has 0 bridgehead atoms. The largest absolute Gasteiger partial charge is 0.393 e. The molecule has 0 amide bonds. The summed E-state index contributed by atoms with van der Waals surface area (Å²) >= 11 is 0. The monoisotopic (exact) mass is 364 g/mol. The van der Waals surface area contributed by atoms with Crippen LogP contribution in [0.25, 0.3) is 0 Å². The van der Waals surface area contributed by atoms with Gasteiger partial charge in [0.2, 0.25) is 0 Å². The van der Waals surface area contributed by atoms with Gasteiger partial charge in [-0.05, 0) is 25.7 Å². The van der Waals surface area contributed by atoms with E-state index >= 15 is 0 Å². The second kappa shape index (κ2) is 15.2. The van der Waals surface area contributed by atoms with Crippen LogP contribution in [0.4, 0.5) is 0 Å². The van der Waals surface area contributed by atoms with Gasteiger partial charge < -0.3 is 5.11 Å². The fourth-order valence-corrected chi connectivity index (χ4v) is 4.04. The van der Waals surface area contributed by atoms with Gasteiger partial charge in [0.05, 0.1) is 11.4 Å². The van der Waals surface area contributed by atoms with E-state index in [1.807, 2.05) is 6.92 Å². The van der Waals surface area contributed by atoms with E-state index < -0.39 is 15.4 Å². The van der Waals surface area contributed by atoms with Crippen molar-refractivity contribution in [2.45, 2.75) is 122 Å². The van der Waals surface area contributed by atoms with E-state index in [1.165, 1.54) is 38.5 Å². The first-order valence-corrected chi connectivity index (χ1v) is 11.6. The topological polar surface area (TPSA) is 74.6 Å². The van der Waals surface area contributed by atoms with Gasteiger partial charge in [-0.1, -0.05) is 84.5 Å². The first-order valence-electron chi connectivity index (χ1n) is 10.1. The zero-order valence-electron chi connectivity index (χ0n) is 15.9. The summed E-state index contributed by atoms with van der Waals surface area (Å²) in [5.74, 6) is 0. The number of hydrogen-bond acceptors (Lipinski definition) is 3. The van der Waals surface area contributed by atoms with E-state index in [0.717, 1.165) is 44.9 Å². The van der Waals surface area contributed by atoms with Gasteiger partial charge in [0.1, 0.15) is 0 Å². The van der Waals surface area contributed by atoms with Gasteiger partial charge in [-0.25, -0.2) is 0 Å². The summed E-state index contributed by atoms with van der Waals surface area (Å²) in [5.41, 5.74) is 0. The number of aliphatic hydroxyl groups is 1. The van der Waals surface area contributed by atoms with Gasteiger partial charge in [0.25, 0.3) is 10.1 Å². The fourth-order valence-electron chi connectivity index (χ4n) is 3.11. The third-order valence-corrected chi connectivity index (χ3v) is 6.07. The van der Waals surface area contributed by atoms with Crippen molar-refractivity contribution in [3.63, 3.8) is 0 Å². The predicted octanol–water partition coefficient (Wildman–Crippen LogP) is 5.50. The zero-order chi connectivity index (χ0) is 18.3. The van der Waals surface area contributed by atoms with Crippen LogP contribution in [0.2, 0.25) is 0 Å². The lowest BCUT2D eigenvalue weighted by Gasteiger charge is -2.14. The Kier molecular flexibility index (Phi) is 15.1. The molecule has 5 heteroatoms. The third-order valence-electron chi connectivity index (χ3n) is 4.76. The van der Waals surface area contributed by atoms with E-state index in [1.54, 1.807) is 0 Å². The van der Waals surface area contributed by atoms with Gasteiger partial charge in [-0.2, -0.15) is 8.42 Å². The summed E-state index contributed by atoms with van der Waals surface area (Å²) in [5, 5.41) is 9.36. The van der Waals surface area contributed by atoms with Crippen LogP contribution in [0.1, 0.15) is 110 Å². The summed E-state index contributed by atoms with van der Waals surface area (Å²) < 4.78 is 31.9. The van der Waals surface area contributed by atoms with Crippen LogP contribution >= 0.6 is 0 Å². The van der Waals surface area contributed by atoms with E-state index in [2.05, 4.69) is 6.92 Å². The van der Waals surface area contributed by atoms with Crippen LogP contribution in [0, 0.1) is 0 Å². The Balaban J connectivity index is 3.67. The molecule has 0 aromatic carbocycles. The maximum Gasteiger partial charge on any atom is 0.267 e. The van der Waals surface area contributed by atoms with Crippen molar-refractivity contribution < 1.29 is 18.1 Å². The Hall–Kier alpha value is -0.130. The first kappa shape index (κ1) is 23.9. The Morgan fingerprint density at radius 1 is 0.667 bits per heavy atom. The third kappa shape index (κ3) is 14.2. The van der Waals surface area contributed by atoms with Crippen molar-refractivity contribution in [1.82, 2.24) is 0 Å². The minimum atomic E-state index is -3.93. The Morgan fingerprint density at radius 2 is 1.08 bits per heavy atom. The molecule has 2 atom stereocenters. The summed E-state index contributed by atoms with van der Waals surface area (Å²) in [6.45, 7) is 4.24. The van der Waals surface area contributed by atoms with Crippen molar-refractivity contribution in [2.24, 2.45) is 0 Å². The molecule has 0 aliphatic carbocycles. The SMILES string of the molecule is CCCCCCCCCC(O)CCCCC(CCCC)S(=O)(=O)O. The second-order valence-electron chi connectivity index (χ2n) is 7.13. The predicted molar refractivity (Wildman–Crippen MR) is 102 cm³/mol. The first-order chi connectivity index (χ1) is 11.4. The molecule has 0 aliphatic rings. The highest BCUT2D eigenvalue weighted by atomic mass is 32.2. The molecule has 24 heavy (non-hydrogen) atoms. The highest BCUT2D eigenvalue weighted by molar-refractivity contribution is 7.86. The van der Waals surface area contributed by atoms with E-state index in [-0.39, 0.29) is 6.10 Å². The van der Waals surface area contributed by atoms with Gasteiger partial charge in [-0.3, -0.25) is 4.55 Å². The minimum absolute atomic E-state index is 0.263. The highest BCUT2D eigenvalue weighted by Crippen LogP contribution is 2.18. The van der Waals surface area contributed by atoms with Crippen LogP contribution in [-0.4, -0.2) is 29.4 Å². The molecule has 0 rings (SSSR count). The number of aliphatic hydroxyl groups excluding tert-OH is 1. The average molecular weight is 365 g/mol. The van der Waals surface area contributed by atoms with Crippen molar-refractivity contribution in [1.29, 1.82) is 0 Å². The van der Waals surface area contributed by atoms with E-state index in [9.17, 15) is 18.1 Å². The lowest BCUT2D eigenvalue weighted by molar-refractivity contribution is 0.147. The van der Waals surface area contributed by atoms with Crippen LogP contribution in [0.5, 0.6) is 0 Å². The molecule has 2 N–H and O–H groups in total. The summed E-state index contributed by atoms with van der Waals surface area (Å²) in [7, 11) is -3.93. The van der Waals surface area contributed by atoms with E-state index in [0.29, 0.717) is 12.8 Å². The zero-order valence-corrected chi connectivity index (χ0v) is 16.7. The summed E-state index contributed by atoms with van der Waals surface area (Å²) in [4.78, 5) is 0. The van der Waals surface area contributed by atoms with Crippen LogP contribution < -0.4 is 0 Å². The van der Waals surface area contributed by atoms with Crippen LogP contribution in [0.3, 0.4) is 0 Å². The minimum Gasteiger partial charge on any atom is -0.393 e. The molecule has 146 valence electrons. The lowest BCUT2D eigenvalue weighted by Crippen LogP contribution is -2.20. The van der Waals surface area contributed by atoms with Gasteiger partial charge in [-0.15, -0.1) is 0 Å². The molecule has 4 nitrogen and oxygen atoms in total. The quantitative estimate of drug-likeness (QED) is 0.264. The summed E-state index contributed by atoms with van der Waals surface area (Å²) in [6, 6.07) is 0. The van der Waals surface area contributed by atoms with Crippen molar-refractivity contribution in [3.05, 3.63) is 0 Å². The van der Waals surface area contributed by atoms with Gasteiger partial charge in [0.15, 0.2) is 0 Å². The number of unbranched alkanes of at least 4 members (excludes halogenated alkanes) is 8. The van der Waals surface area contributed by atoms with E-state index in [4.69, 9.17) is 0 Å². The number of hydrogen-bond donors (Lipinski definition) is 2. The molecule has 0 heterocycles. The number of rotatable bonds is 17. The van der Waals surface area contributed by atoms with Crippen LogP contribution in [-0.2, 0) is 10.1 Å². The van der Waals surface area contributed by atoms with Crippen molar-refractivity contribution in [3.8, 4) is 0 Å². The molecule has 0 radical (unpaired) electrons. The van der Waals surface area contributed by atoms with Crippen molar-refractivity contribution >= 4 is 10.1 Å². The lowest BCUT2D eigenvalue weighted by atomic mass is 10.0. The average Bonchev–Trinajstić information content (AvgIpc) is 2.52. The molecule has 0 spiro atoms. The Bertz CT molecular complexity index is 368. The maximum absolute atomic E-state index is 11.3. The highest BCUT2D eigenvalue weighted by Gasteiger charge is 2.21. The molecule has 0 fully saturated rings. The Morgan fingerprint density at radius 3 is 1.62 bits per heavy atom. The maximum atomic E-state index is 11.3. The second-order valence-corrected chi connectivity index (χ2v) is 8.82. The molecule has 0 saturated heterocycles. The smallest absolute Gasteiger partial charge is 0.267 e. The van der Waals surface area contributed by atoms with Gasteiger partial charge >= 0.3 is 0 Å². The standard InChI is InChI=1S/C19H40O4S/c1-3-5-7-8-9-10-11-14-18(20)15-12-13-17-19(16-6-4-2)24(21,22)23/h18-20H,3-17H2,1-2H3,(H,21,22,23). The van der Waals surface area contributed by atoms with Crippen LogP contribution in [0.15, 0.2) is 0 Å². The Labute approximate surface area is 150 Å². The molecule has 0 aliphatic heterocycles. The molecule has 0 saturated carbocycles. The summed E-state index contributed by atoms with van der Waals surface area (Å²) in [6.07, 6.45) is 14.5. The molecular weight excluding hydrogens is 324 g/mol. The fraction of sp³-hybridized carbons (Fsp3) is 1.00. The normalized spacial score (nSPS) is 14.7. The van der Waals surface area contributed by atoms with Crippen molar-refractivity contribution in [2.75, 3.05) is 0 Å². The molecule has 2 unspecified atom stereocenters. The molecule has 0 aromatic heterocycles. The molecule has 0 aromatic rings. The van der Waals surface area contributed by atoms with Gasteiger partial charge in [0, 0.05) is 0 Å².